The molecule has 0 fully saturated rings. The van der Waals surface area contributed by atoms with Gasteiger partial charge in [-0.25, -0.2) is 4.79 Å². The standard InChI is InChI=1S/C21H25NO5/c1-3-26-9-10-27-19-11-15(2)7-8-18(19)14-22-20(23)13-16-5-4-6-17(12-16)21(24)25/h4-8,11-12H,3,9-10,13-14H2,1-2H3,(H,22,23)(H,24,25). The molecule has 0 heterocycles. The number of hydrogen-bond donors (Lipinski definition) is 2. The SMILES string of the molecule is CCOCCOc1cc(C)ccc1CNC(=O)Cc1cccc(C(=O)O)c1. The van der Waals surface area contributed by atoms with Crippen molar-refractivity contribution < 1.29 is 24.2 Å². The Hall–Kier alpha value is -2.86. The molecule has 144 valence electrons. The summed E-state index contributed by atoms with van der Waals surface area (Å²) in [6.07, 6.45) is 0.119. The van der Waals surface area contributed by atoms with Crippen molar-refractivity contribution in [2.45, 2.75) is 26.8 Å². The van der Waals surface area contributed by atoms with E-state index in [0.29, 0.717) is 31.9 Å². The first-order chi connectivity index (χ1) is 13.0. The van der Waals surface area contributed by atoms with Gasteiger partial charge in [0.25, 0.3) is 0 Å². The lowest BCUT2D eigenvalue weighted by Crippen LogP contribution is -2.25. The lowest BCUT2D eigenvalue weighted by Gasteiger charge is -2.13. The second-order valence-electron chi connectivity index (χ2n) is 6.12. The van der Waals surface area contributed by atoms with Crippen molar-refractivity contribution in [3.8, 4) is 5.75 Å². The van der Waals surface area contributed by atoms with Crippen LogP contribution < -0.4 is 10.1 Å². The maximum absolute atomic E-state index is 12.2. The Morgan fingerprint density at radius 3 is 2.67 bits per heavy atom. The van der Waals surface area contributed by atoms with Crippen LogP contribution >= 0.6 is 0 Å². The van der Waals surface area contributed by atoms with Crippen LogP contribution in [0.4, 0.5) is 0 Å². The minimum Gasteiger partial charge on any atom is -0.491 e. The Balaban J connectivity index is 1.94. The molecule has 0 atom stereocenters. The average molecular weight is 371 g/mol. The number of carbonyl (C=O) groups is 2. The molecule has 0 unspecified atom stereocenters. The molecule has 1 amide bonds. The number of ether oxygens (including phenoxy) is 2. The van der Waals surface area contributed by atoms with Gasteiger partial charge < -0.3 is 19.9 Å². The highest BCUT2D eigenvalue weighted by Crippen LogP contribution is 2.20. The predicted molar refractivity (Wildman–Crippen MR) is 102 cm³/mol. The molecule has 6 nitrogen and oxygen atoms in total. The molecule has 2 N–H and O–H groups in total. The summed E-state index contributed by atoms with van der Waals surface area (Å²) in [4.78, 5) is 23.2. The van der Waals surface area contributed by atoms with Gasteiger partial charge in [0, 0.05) is 18.7 Å². The zero-order valence-corrected chi connectivity index (χ0v) is 15.7. The Kier molecular flexibility index (Phi) is 7.82. The molecule has 2 aromatic carbocycles. The topological polar surface area (TPSA) is 84.9 Å². The number of rotatable bonds is 10. The van der Waals surface area contributed by atoms with Gasteiger partial charge >= 0.3 is 5.97 Å². The monoisotopic (exact) mass is 371 g/mol. The predicted octanol–water partition coefficient (Wildman–Crippen LogP) is 2.97. The minimum atomic E-state index is -1.01. The highest BCUT2D eigenvalue weighted by molar-refractivity contribution is 5.88. The van der Waals surface area contributed by atoms with Crippen LogP contribution in [0.25, 0.3) is 0 Å². The quantitative estimate of drug-likeness (QED) is 0.627. The van der Waals surface area contributed by atoms with E-state index in [1.165, 1.54) is 12.1 Å². The van der Waals surface area contributed by atoms with Crippen molar-refractivity contribution in [1.82, 2.24) is 5.32 Å². The summed E-state index contributed by atoms with van der Waals surface area (Å²) in [5.41, 5.74) is 2.78. The van der Waals surface area contributed by atoms with Crippen molar-refractivity contribution >= 4 is 11.9 Å². The van der Waals surface area contributed by atoms with Crippen LogP contribution in [0.2, 0.25) is 0 Å². The Morgan fingerprint density at radius 1 is 1.11 bits per heavy atom. The van der Waals surface area contributed by atoms with Gasteiger partial charge in [-0.3, -0.25) is 4.79 Å². The molecular weight excluding hydrogens is 346 g/mol. The zero-order valence-electron chi connectivity index (χ0n) is 15.7. The zero-order chi connectivity index (χ0) is 19.6. The fourth-order valence-electron chi connectivity index (χ4n) is 2.55. The molecule has 0 spiro atoms. The second-order valence-corrected chi connectivity index (χ2v) is 6.12. The smallest absolute Gasteiger partial charge is 0.335 e. The van der Waals surface area contributed by atoms with Crippen molar-refractivity contribution in [2.75, 3.05) is 19.8 Å². The fourth-order valence-corrected chi connectivity index (χ4v) is 2.55. The number of aromatic carboxylic acids is 1. The van der Waals surface area contributed by atoms with Gasteiger partial charge in [-0.2, -0.15) is 0 Å². The van der Waals surface area contributed by atoms with Crippen molar-refractivity contribution in [3.63, 3.8) is 0 Å². The van der Waals surface area contributed by atoms with E-state index in [1.54, 1.807) is 12.1 Å². The van der Waals surface area contributed by atoms with Gasteiger partial charge in [0.15, 0.2) is 0 Å². The maximum Gasteiger partial charge on any atom is 0.335 e. The number of aryl methyl sites for hydroxylation is 1. The second kappa shape index (κ2) is 10.3. The molecule has 0 aromatic heterocycles. The highest BCUT2D eigenvalue weighted by atomic mass is 16.5. The first-order valence-electron chi connectivity index (χ1n) is 8.88. The summed E-state index contributed by atoms with van der Waals surface area (Å²) in [5, 5.41) is 11.9. The van der Waals surface area contributed by atoms with Crippen LogP contribution in [0.5, 0.6) is 5.75 Å². The van der Waals surface area contributed by atoms with Crippen molar-refractivity contribution in [3.05, 3.63) is 64.7 Å². The van der Waals surface area contributed by atoms with Crippen LogP contribution in [0.3, 0.4) is 0 Å². The first-order valence-corrected chi connectivity index (χ1v) is 8.88. The summed E-state index contributed by atoms with van der Waals surface area (Å²) in [7, 11) is 0. The molecule has 0 bridgehead atoms. The highest BCUT2D eigenvalue weighted by Gasteiger charge is 2.09. The third kappa shape index (κ3) is 6.75. The summed E-state index contributed by atoms with van der Waals surface area (Å²) in [6.45, 7) is 5.84. The van der Waals surface area contributed by atoms with E-state index >= 15 is 0 Å². The molecule has 6 heteroatoms. The molecule has 0 aliphatic carbocycles. The summed E-state index contributed by atoms with van der Waals surface area (Å²) in [5.74, 6) is -0.466. The van der Waals surface area contributed by atoms with Gasteiger partial charge in [-0.15, -0.1) is 0 Å². The number of hydrogen-bond acceptors (Lipinski definition) is 4. The minimum absolute atomic E-state index is 0.119. The van der Waals surface area contributed by atoms with Gasteiger partial charge in [-0.05, 0) is 43.2 Å². The molecule has 27 heavy (non-hydrogen) atoms. The van der Waals surface area contributed by atoms with Gasteiger partial charge in [-0.1, -0.05) is 24.3 Å². The largest absolute Gasteiger partial charge is 0.491 e. The van der Waals surface area contributed by atoms with Crippen LogP contribution in [0, 0.1) is 6.92 Å². The Morgan fingerprint density at radius 2 is 1.93 bits per heavy atom. The molecule has 0 aliphatic heterocycles. The number of carboxylic acids is 1. The van der Waals surface area contributed by atoms with Crippen LogP contribution in [-0.2, 0) is 22.5 Å². The molecule has 2 rings (SSSR count). The molecule has 2 aromatic rings. The number of carbonyl (C=O) groups excluding carboxylic acids is 1. The van der Waals surface area contributed by atoms with E-state index in [1.807, 2.05) is 32.0 Å². The van der Waals surface area contributed by atoms with Crippen molar-refractivity contribution in [2.24, 2.45) is 0 Å². The molecule has 0 saturated heterocycles. The third-order valence-electron chi connectivity index (χ3n) is 3.93. The van der Waals surface area contributed by atoms with E-state index in [2.05, 4.69) is 5.32 Å². The number of amides is 1. The summed E-state index contributed by atoms with van der Waals surface area (Å²) < 4.78 is 11.1. The number of nitrogens with one attached hydrogen (secondary N) is 1. The van der Waals surface area contributed by atoms with Gasteiger partial charge in [0.1, 0.15) is 12.4 Å². The lowest BCUT2D eigenvalue weighted by molar-refractivity contribution is -0.120. The summed E-state index contributed by atoms with van der Waals surface area (Å²) in [6, 6.07) is 12.2. The van der Waals surface area contributed by atoms with Crippen LogP contribution in [0.1, 0.15) is 34.0 Å². The molecule has 0 aliphatic rings. The van der Waals surface area contributed by atoms with Crippen LogP contribution in [0.15, 0.2) is 42.5 Å². The normalized spacial score (nSPS) is 10.4. The first kappa shape index (κ1) is 20.5. The Labute approximate surface area is 159 Å². The average Bonchev–Trinajstić information content (AvgIpc) is 2.64. The maximum atomic E-state index is 12.2. The Bertz CT molecular complexity index is 788. The van der Waals surface area contributed by atoms with Crippen molar-refractivity contribution in [1.29, 1.82) is 0 Å². The van der Waals surface area contributed by atoms with E-state index in [4.69, 9.17) is 14.6 Å². The molecule has 0 radical (unpaired) electrons. The van der Waals surface area contributed by atoms with E-state index in [-0.39, 0.29) is 17.9 Å². The number of benzene rings is 2. The van der Waals surface area contributed by atoms with E-state index in [0.717, 1.165) is 16.9 Å². The molecule has 0 saturated carbocycles. The lowest BCUT2D eigenvalue weighted by atomic mass is 10.1. The van der Waals surface area contributed by atoms with Crippen LogP contribution in [-0.4, -0.2) is 36.8 Å². The van der Waals surface area contributed by atoms with E-state index < -0.39 is 5.97 Å². The summed E-state index contributed by atoms with van der Waals surface area (Å²) >= 11 is 0. The van der Waals surface area contributed by atoms with Gasteiger partial charge in [0.2, 0.25) is 5.91 Å². The fraction of sp³-hybridized carbons (Fsp3) is 0.333. The number of carboxylic acid groups (broad SMARTS) is 1. The van der Waals surface area contributed by atoms with Gasteiger partial charge in [0.05, 0.1) is 18.6 Å². The van der Waals surface area contributed by atoms with E-state index in [9.17, 15) is 9.59 Å². The third-order valence-corrected chi connectivity index (χ3v) is 3.93. The molecular formula is C21H25NO5.